The number of halogens is 1. The molecule has 3 aromatic rings. The molecule has 0 saturated carbocycles. The maximum Gasteiger partial charge on any atom is 0.339 e. The van der Waals surface area contributed by atoms with Gasteiger partial charge in [0.25, 0.3) is 5.56 Å². The standard InChI is InChI=1S/C20H20ClN3O4/c1-3-5-10-24-17-16(18(25)23-20(24)27)13(19(26)28-4-2)11-15(22-17)12-8-6-7-9-14(12)21/h6-9,11H,3-5,10H2,1-2H3,(H,23,25,27). The molecule has 2 aromatic heterocycles. The van der Waals surface area contributed by atoms with E-state index >= 15 is 0 Å². The molecule has 0 saturated heterocycles. The Balaban J connectivity index is 2.41. The second-order valence-corrected chi connectivity index (χ2v) is 6.63. The summed E-state index contributed by atoms with van der Waals surface area (Å²) in [6.07, 6.45) is 1.57. The Bertz CT molecular complexity index is 1150. The third-order valence-corrected chi connectivity index (χ3v) is 4.66. The summed E-state index contributed by atoms with van der Waals surface area (Å²) in [5.74, 6) is -0.658. The first-order chi connectivity index (χ1) is 13.5. The zero-order valence-electron chi connectivity index (χ0n) is 15.6. The minimum Gasteiger partial charge on any atom is -0.462 e. The first-order valence-corrected chi connectivity index (χ1v) is 9.45. The van der Waals surface area contributed by atoms with E-state index in [-0.39, 0.29) is 23.2 Å². The Hall–Kier alpha value is -2.93. The summed E-state index contributed by atoms with van der Waals surface area (Å²) in [4.78, 5) is 44.3. The molecule has 0 unspecified atom stereocenters. The number of rotatable bonds is 6. The maximum absolute atomic E-state index is 12.6. The molecule has 0 atom stereocenters. The van der Waals surface area contributed by atoms with Crippen molar-refractivity contribution in [1.82, 2.24) is 14.5 Å². The van der Waals surface area contributed by atoms with Crippen molar-refractivity contribution in [3.8, 4) is 11.3 Å². The summed E-state index contributed by atoms with van der Waals surface area (Å²) in [7, 11) is 0. The van der Waals surface area contributed by atoms with Crippen LogP contribution in [0.2, 0.25) is 5.02 Å². The third kappa shape index (κ3) is 3.71. The van der Waals surface area contributed by atoms with Crippen LogP contribution in [-0.4, -0.2) is 27.1 Å². The molecule has 0 bridgehead atoms. The second kappa shape index (κ2) is 8.39. The zero-order chi connectivity index (χ0) is 20.3. The third-order valence-electron chi connectivity index (χ3n) is 4.33. The van der Waals surface area contributed by atoms with Crippen molar-refractivity contribution in [2.75, 3.05) is 6.61 Å². The number of carbonyl (C=O) groups excluding carboxylic acids is 1. The molecule has 2 heterocycles. The minimum atomic E-state index is -0.672. The Kier molecular flexibility index (Phi) is 5.94. The molecule has 28 heavy (non-hydrogen) atoms. The number of unbranched alkanes of at least 4 members (excludes halogenated alkanes) is 1. The van der Waals surface area contributed by atoms with Crippen LogP contribution in [0.3, 0.4) is 0 Å². The van der Waals surface area contributed by atoms with Gasteiger partial charge in [0.15, 0.2) is 5.65 Å². The Morgan fingerprint density at radius 2 is 2.00 bits per heavy atom. The lowest BCUT2D eigenvalue weighted by Gasteiger charge is -2.13. The number of nitrogens with one attached hydrogen (secondary N) is 1. The predicted molar refractivity (Wildman–Crippen MR) is 108 cm³/mol. The number of hydrogen-bond acceptors (Lipinski definition) is 5. The predicted octanol–water partition coefficient (Wildman–Crippen LogP) is 3.38. The second-order valence-electron chi connectivity index (χ2n) is 6.22. The van der Waals surface area contributed by atoms with Crippen molar-refractivity contribution in [2.45, 2.75) is 33.2 Å². The molecule has 0 radical (unpaired) electrons. The van der Waals surface area contributed by atoms with Gasteiger partial charge in [-0.2, -0.15) is 0 Å². The summed E-state index contributed by atoms with van der Waals surface area (Å²) in [6, 6.07) is 8.51. The van der Waals surface area contributed by atoms with Gasteiger partial charge in [-0.05, 0) is 25.5 Å². The molecule has 1 N–H and O–H groups in total. The summed E-state index contributed by atoms with van der Waals surface area (Å²) < 4.78 is 6.50. The van der Waals surface area contributed by atoms with Crippen LogP contribution in [0.15, 0.2) is 39.9 Å². The first kappa shape index (κ1) is 19.8. The van der Waals surface area contributed by atoms with Gasteiger partial charge in [-0.15, -0.1) is 0 Å². The van der Waals surface area contributed by atoms with Crippen molar-refractivity contribution in [1.29, 1.82) is 0 Å². The minimum absolute atomic E-state index is 0.0324. The number of aryl methyl sites for hydroxylation is 1. The topological polar surface area (TPSA) is 94.1 Å². The van der Waals surface area contributed by atoms with Crippen LogP contribution >= 0.6 is 11.6 Å². The van der Waals surface area contributed by atoms with Gasteiger partial charge < -0.3 is 4.74 Å². The molecule has 146 valence electrons. The van der Waals surface area contributed by atoms with Crippen LogP contribution in [-0.2, 0) is 11.3 Å². The quantitative estimate of drug-likeness (QED) is 0.639. The van der Waals surface area contributed by atoms with Crippen LogP contribution in [0.25, 0.3) is 22.3 Å². The fourth-order valence-electron chi connectivity index (χ4n) is 2.97. The normalized spacial score (nSPS) is 11.0. The van der Waals surface area contributed by atoms with Crippen molar-refractivity contribution < 1.29 is 9.53 Å². The van der Waals surface area contributed by atoms with Crippen LogP contribution in [0.1, 0.15) is 37.0 Å². The molecule has 0 spiro atoms. The summed E-state index contributed by atoms with van der Waals surface area (Å²) >= 11 is 6.30. The van der Waals surface area contributed by atoms with Crippen molar-refractivity contribution in [3.05, 3.63) is 61.8 Å². The molecule has 7 nitrogen and oxygen atoms in total. The zero-order valence-corrected chi connectivity index (χ0v) is 16.4. The van der Waals surface area contributed by atoms with Crippen molar-refractivity contribution in [3.63, 3.8) is 0 Å². The molecule has 1 aromatic carbocycles. The highest BCUT2D eigenvalue weighted by Crippen LogP contribution is 2.29. The number of ether oxygens (including phenoxy) is 1. The van der Waals surface area contributed by atoms with E-state index in [1.807, 2.05) is 6.92 Å². The number of aromatic nitrogens is 3. The van der Waals surface area contributed by atoms with E-state index in [0.717, 1.165) is 6.42 Å². The number of carbonyl (C=O) groups is 1. The van der Waals surface area contributed by atoms with Gasteiger partial charge in [-0.3, -0.25) is 14.3 Å². The van der Waals surface area contributed by atoms with Gasteiger partial charge in [0.1, 0.15) is 0 Å². The van der Waals surface area contributed by atoms with E-state index in [9.17, 15) is 14.4 Å². The van der Waals surface area contributed by atoms with E-state index in [4.69, 9.17) is 16.3 Å². The number of esters is 1. The number of fused-ring (bicyclic) bond motifs is 1. The van der Waals surface area contributed by atoms with Crippen LogP contribution in [0.5, 0.6) is 0 Å². The molecule has 0 aliphatic heterocycles. The highest BCUT2D eigenvalue weighted by molar-refractivity contribution is 6.33. The SMILES string of the molecule is CCCCn1c(=O)[nH]c(=O)c2c(C(=O)OCC)cc(-c3ccccc3Cl)nc21. The maximum atomic E-state index is 12.6. The molecule has 0 aliphatic carbocycles. The van der Waals surface area contributed by atoms with Gasteiger partial charge in [-0.1, -0.05) is 43.1 Å². The van der Waals surface area contributed by atoms with E-state index in [0.29, 0.717) is 29.2 Å². The molecule has 0 fully saturated rings. The highest BCUT2D eigenvalue weighted by Gasteiger charge is 2.21. The van der Waals surface area contributed by atoms with Crippen LogP contribution in [0.4, 0.5) is 0 Å². The number of aromatic amines is 1. The molecular formula is C20H20ClN3O4. The van der Waals surface area contributed by atoms with Gasteiger partial charge in [-0.25, -0.2) is 14.6 Å². The number of nitrogens with zero attached hydrogens (tertiary/aromatic N) is 2. The van der Waals surface area contributed by atoms with E-state index < -0.39 is 17.2 Å². The molecule has 0 amide bonds. The lowest BCUT2D eigenvalue weighted by Crippen LogP contribution is -2.32. The number of H-pyrrole nitrogens is 1. The lowest BCUT2D eigenvalue weighted by molar-refractivity contribution is 0.0528. The summed E-state index contributed by atoms with van der Waals surface area (Å²) in [5, 5.41) is 0.474. The smallest absolute Gasteiger partial charge is 0.339 e. The highest BCUT2D eigenvalue weighted by atomic mass is 35.5. The van der Waals surface area contributed by atoms with Gasteiger partial charge in [0.05, 0.1) is 23.3 Å². The van der Waals surface area contributed by atoms with E-state index in [1.54, 1.807) is 31.2 Å². The Labute approximate surface area is 165 Å². The number of hydrogen-bond donors (Lipinski definition) is 1. The lowest BCUT2D eigenvalue weighted by atomic mass is 10.1. The van der Waals surface area contributed by atoms with E-state index in [1.165, 1.54) is 10.6 Å². The molecule has 0 aliphatic rings. The largest absolute Gasteiger partial charge is 0.462 e. The van der Waals surface area contributed by atoms with Crippen molar-refractivity contribution >= 4 is 28.6 Å². The van der Waals surface area contributed by atoms with Crippen molar-refractivity contribution in [2.24, 2.45) is 0 Å². The van der Waals surface area contributed by atoms with Crippen LogP contribution in [0, 0.1) is 0 Å². The molecular weight excluding hydrogens is 382 g/mol. The average molecular weight is 402 g/mol. The molecule has 3 rings (SSSR count). The fraction of sp³-hybridized carbons (Fsp3) is 0.300. The first-order valence-electron chi connectivity index (χ1n) is 9.07. The van der Waals surface area contributed by atoms with Gasteiger partial charge in [0, 0.05) is 17.1 Å². The fourth-order valence-corrected chi connectivity index (χ4v) is 3.21. The number of pyridine rings is 1. The van der Waals surface area contributed by atoms with Gasteiger partial charge in [0.2, 0.25) is 0 Å². The Morgan fingerprint density at radius 3 is 2.68 bits per heavy atom. The monoisotopic (exact) mass is 401 g/mol. The summed E-state index contributed by atoms with van der Waals surface area (Å²) in [5.41, 5.74) is -0.0719. The Morgan fingerprint density at radius 1 is 1.25 bits per heavy atom. The molecule has 8 heteroatoms. The number of benzene rings is 1. The summed E-state index contributed by atoms with van der Waals surface area (Å²) in [6.45, 7) is 4.19. The van der Waals surface area contributed by atoms with Gasteiger partial charge >= 0.3 is 11.7 Å². The van der Waals surface area contributed by atoms with E-state index in [2.05, 4.69) is 9.97 Å². The van der Waals surface area contributed by atoms with Crippen LogP contribution < -0.4 is 11.2 Å². The average Bonchev–Trinajstić information content (AvgIpc) is 2.67.